The molecule has 0 radical (unpaired) electrons. The fourth-order valence-electron chi connectivity index (χ4n) is 2.51. The number of fused-ring (bicyclic) bond motifs is 1. The zero-order valence-corrected chi connectivity index (χ0v) is 14.4. The van der Waals surface area contributed by atoms with Gasteiger partial charge in [-0.2, -0.15) is 4.98 Å². The number of aromatic nitrogens is 4. The molecule has 1 aromatic carbocycles. The van der Waals surface area contributed by atoms with Crippen LogP contribution < -0.4 is 10.1 Å². The molecule has 0 bridgehead atoms. The Bertz CT molecular complexity index is 944. The van der Waals surface area contributed by atoms with Crippen molar-refractivity contribution in [2.45, 2.75) is 13.5 Å². The molecule has 128 valence electrons. The number of imidazole rings is 1. The summed E-state index contributed by atoms with van der Waals surface area (Å²) in [5.74, 6) is 0.995. The largest absolute Gasteiger partial charge is 0.479 e. The molecule has 0 atom stereocenters. The van der Waals surface area contributed by atoms with Crippen LogP contribution in [-0.2, 0) is 6.54 Å². The number of nitrogens with zero attached hydrogens (tertiary/aromatic N) is 4. The van der Waals surface area contributed by atoms with E-state index in [1.807, 2.05) is 35.8 Å². The van der Waals surface area contributed by atoms with Gasteiger partial charge < -0.3 is 20.0 Å². The molecule has 0 aliphatic rings. The van der Waals surface area contributed by atoms with Gasteiger partial charge in [0.05, 0.1) is 19.1 Å². The van der Waals surface area contributed by atoms with Crippen molar-refractivity contribution in [1.82, 2.24) is 24.8 Å². The summed E-state index contributed by atoms with van der Waals surface area (Å²) in [6.45, 7) is 2.79. The lowest BCUT2D eigenvalue weighted by atomic mass is 10.1. The minimum absolute atomic E-state index is 0.405. The highest BCUT2D eigenvalue weighted by atomic mass is 16.5. The normalized spacial score (nSPS) is 11.2. The Labute approximate surface area is 145 Å². The van der Waals surface area contributed by atoms with Crippen LogP contribution in [0.2, 0.25) is 0 Å². The van der Waals surface area contributed by atoms with Crippen LogP contribution in [0, 0.1) is 5.41 Å². The molecular weight excluding hydrogens is 316 g/mol. The van der Waals surface area contributed by atoms with Crippen LogP contribution in [-0.4, -0.2) is 39.4 Å². The van der Waals surface area contributed by atoms with Crippen molar-refractivity contribution in [3.8, 4) is 17.3 Å². The van der Waals surface area contributed by atoms with Gasteiger partial charge in [-0.1, -0.05) is 18.2 Å². The molecule has 0 aliphatic heterocycles. The molecule has 0 saturated carbocycles. The first kappa shape index (κ1) is 16.6. The Morgan fingerprint density at radius 3 is 2.92 bits per heavy atom. The summed E-state index contributed by atoms with van der Waals surface area (Å²) in [6, 6.07) is 7.60. The van der Waals surface area contributed by atoms with E-state index < -0.39 is 0 Å². The van der Waals surface area contributed by atoms with E-state index in [1.165, 1.54) is 0 Å². The van der Waals surface area contributed by atoms with Crippen molar-refractivity contribution in [3.05, 3.63) is 48.4 Å². The molecule has 3 aromatic rings. The molecular formula is C18H20N6O. The maximum Gasteiger partial charge on any atom is 0.245 e. The number of aryl methyl sites for hydroxylation is 1. The molecule has 2 N–H and O–H groups in total. The number of hydrogen-bond acceptors (Lipinski definition) is 6. The van der Waals surface area contributed by atoms with E-state index in [1.54, 1.807) is 32.8 Å². The van der Waals surface area contributed by atoms with Crippen molar-refractivity contribution in [2.75, 3.05) is 14.2 Å². The Hall–Kier alpha value is -3.22. The van der Waals surface area contributed by atoms with E-state index >= 15 is 0 Å². The Morgan fingerprint density at radius 2 is 2.20 bits per heavy atom. The summed E-state index contributed by atoms with van der Waals surface area (Å²) in [6.07, 6.45) is 5.16. The van der Waals surface area contributed by atoms with Crippen LogP contribution in [0.3, 0.4) is 0 Å². The summed E-state index contributed by atoms with van der Waals surface area (Å²) < 4.78 is 7.34. The van der Waals surface area contributed by atoms with Gasteiger partial charge in [0.25, 0.3) is 0 Å². The SMILES string of the molecule is CCn1cnc2c(OC)nc(-c3cccc(C(=N)/C=C\NC)c3)nc21. The van der Waals surface area contributed by atoms with E-state index in [2.05, 4.69) is 20.3 Å². The number of ether oxygens (including phenoxy) is 1. The minimum atomic E-state index is 0.405. The smallest absolute Gasteiger partial charge is 0.245 e. The Kier molecular flexibility index (Phi) is 4.74. The standard InChI is InChI=1S/C18H20N6O/c1-4-24-11-21-15-17(24)22-16(23-18(15)25-3)13-7-5-6-12(10-13)14(19)8-9-20-2/h5-11,19-20H,4H2,1-3H3/b9-8-,19-14?. The van der Waals surface area contributed by atoms with Crippen molar-refractivity contribution in [1.29, 1.82) is 5.41 Å². The molecule has 0 spiro atoms. The van der Waals surface area contributed by atoms with Gasteiger partial charge in [-0.15, -0.1) is 0 Å². The first-order chi connectivity index (χ1) is 12.2. The zero-order chi connectivity index (χ0) is 17.8. The third kappa shape index (κ3) is 3.21. The van der Waals surface area contributed by atoms with E-state index in [4.69, 9.17) is 10.1 Å². The molecule has 25 heavy (non-hydrogen) atoms. The van der Waals surface area contributed by atoms with Crippen LogP contribution in [0.1, 0.15) is 12.5 Å². The topological polar surface area (TPSA) is 88.7 Å². The van der Waals surface area contributed by atoms with Crippen molar-refractivity contribution >= 4 is 16.9 Å². The lowest BCUT2D eigenvalue weighted by Gasteiger charge is -2.07. The van der Waals surface area contributed by atoms with E-state index in [-0.39, 0.29) is 0 Å². The molecule has 0 amide bonds. The lowest BCUT2D eigenvalue weighted by molar-refractivity contribution is 0.402. The molecule has 0 saturated heterocycles. The molecule has 3 rings (SSSR count). The van der Waals surface area contributed by atoms with Gasteiger partial charge in [0.1, 0.15) is 0 Å². The predicted octanol–water partition coefficient (Wildman–Crippen LogP) is 2.62. The number of rotatable bonds is 6. The Balaban J connectivity index is 2.10. The highest BCUT2D eigenvalue weighted by molar-refractivity contribution is 6.07. The highest BCUT2D eigenvalue weighted by Gasteiger charge is 2.14. The summed E-state index contributed by atoms with van der Waals surface area (Å²) >= 11 is 0. The van der Waals surface area contributed by atoms with Gasteiger partial charge in [0.15, 0.2) is 17.0 Å². The fourth-order valence-corrected chi connectivity index (χ4v) is 2.51. The third-order valence-corrected chi connectivity index (χ3v) is 3.81. The quantitative estimate of drug-likeness (QED) is 0.676. The second-order valence-electron chi connectivity index (χ2n) is 5.38. The molecule has 7 heteroatoms. The van der Waals surface area contributed by atoms with Gasteiger partial charge in [-0.25, -0.2) is 9.97 Å². The van der Waals surface area contributed by atoms with Crippen LogP contribution in [0.4, 0.5) is 0 Å². The van der Waals surface area contributed by atoms with Gasteiger partial charge in [0, 0.05) is 24.7 Å². The van der Waals surface area contributed by atoms with Crippen LogP contribution in [0.15, 0.2) is 42.9 Å². The van der Waals surface area contributed by atoms with Crippen LogP contribution in [0.25, 0.3) is 22.6 Å². The Morgan fingerprint density at radius 1 is 1.36 bits per heavy atom. The molecule has 2 aromatic heterocycles. The van der Waals surface area contributed by atoms with E-state index in [9.17, 15) is 0 Å². The van der Waals surface area contributed by atoms with Crippen molar-refractivity contribution < 1.29 is 4.74 Å². The molecule has 0 aliphatic carbocycles. The second kappa shape index (κ2) is 7.12. The number of nitrogens with one attached hydrogen (secondary N) is 2. The second-order valence-corrected chi connectivity index (χ2v) is 5.38. The minimum Gasteiger partial charge on any atom is -0.479 e. The average Bonchev–Trinajstić information content (AvgIpc) is 3.08. The molecule has 7 nitrogen and oxygen atoms in total. The number of hydrogen-bond donors (Lipinski definition) is 2. The van der Waals surface area contributed by atoms with Crippen molar-refractivity contribution in [3.63, 3.8) is 0 Å². The predicted molar refractivity (Wildman–Crippen MR) is 98.0 cm³/mol. The highest BCUT2D eigenvalue weighted by Crippen LogP contribution is 2.26. The molecule has 2 heterocycles. The van der Waals surface area contributed by atoms with Gasteiger partial charge in [-0.3, -0.25) is 0 Å². The first-order valence-corrected chi connectivity index (χ1v) is 7.98. The average molecular weight is 336 g/mol. The number of allylic oxidation sites excluding steroid dienone is 1. The first-order valence-electron chi connectivity index (χ1n) is 7.98. The number of benzene rings is 1. The van der Waals surface area contributed by atoms with Crippen LogP contribution in [0.5, 0.6) is 5.88 Å². The monoisotopic (exact) mass is 336 g/mol. The maximum atomic E-state index is 8.13. The zero-order valence-electron chi connectivity index (χ0n) is 14.4. The summed E-state index contributed by atoms with van der Waals surface area (Å²) in [5, 5.41) is 11.0. The summed E-state index contributed by atoms with van der Waals surface area (Å²) in [5.41, 5.74) is 3.40. The fraction of sp³-hybridized carbons (Fsp3) is 0.222. The van der Waals surface area contributed by atoms with E-state index in [0.717, 1.165) is 23.3 Å². The van der Waals surface area contributed by atoms with Gasteiger partial charge in [-0.05, 0) is 25.3 Å². The molecule has 0 unspecified atom stereocenters. The third-order valence-electron chi connectivity index (χ3n) is 3.81. The maximum absolute atomic E-state index is 8.13. The van der Waals surface area contributed by atoms with Gasteiger partial charge in [0.2, 0.25) is 5.88 Å². The van der Waals surface area contributed by atoms with Gasteiger partial charge >= 0.3 is 0 Å². The summed E-state index contributed by atoms with van der Waals surface area (Å²) in [4.78, 5) is 13.5. The summed E-state index contributed by atoms with van der Waals surface area (Å²) in [7, 11) is 3.37. The van der Waals surface area contributed by atoms with Crippen molar-refractivity contribution in [2.24, 2.45) is 0 Å². The van der Waals surface area contributed by atoms with E-state index in [0.29, 0.717) is 22.9 Å². The van der Waals surface area contributed by atoms with Crippen LogP contribution >= 0.6 is 0 Å². The lowest BCUT2D eigenvalue weighted by Crippen LogP contribution is -2.01. The molecule has 0 fully saturated rings. The number of methoxy groups -OCH3 is 1.